The van der Waals surface area contributed by atoms with Crippen LogP contribution in [0.5, 0.6) is 0 Å². The molecule has 1 atom stereocenters. The number of anilines is 1. The van der Waals surface area contributed by atoms with Crippen LogP contribution in [0.3, 0.4) is 0 Å². The maximum absolute atomic E-state index is 12.7. The van der Waals surface area contributed by atoms with Crippen molar-refractivity contribution in [1.82, 2.24) is 14.9 Å². The normalized spacial score (nSPS) is 19.1. The Bertz CT molecular complexity index is 463. The van der Waals surface area contributed by atoms with Crippen LogP contribution in [0.1, 0.15) is 62.9 Å². The van der Waals surface area contributed by atoms with Gasteiger partial charge in [0.05, 0.1) is 12.4 Å². The van der Waals surface area contributed by atoms with Crippen molar-refractivity contribution >= 4 is 11.7 Å². The van der Waals surface area contributed by atoms with Crippen molar-refractivity contribution in [3.05, 3.63) is 18.1 Å². The minimum absolute atomic E-state index is 0.0244. The van der Waals surface area contributed by atoms with Gasteiger partial charge in [0.15, 0.2) is 0 Å². The third-order valence-corrected chi connectivity index (χ3v) is 4.02. The molecule has 2 heterocycles. The molecule has 1 amide bonds. The van der Waals surface area contributed by atoms with Gasteiger partial charge in [0.1, 0.15) is 11.5 Å². The maximum Gasteiger partial charge on any atom is 0.274 e. The van der Waals surface area contributed by atoms with Gasteiger partial charge in [-0.15, -0.1) is 0 Å². The number of hydrogen-bond donors (Lipinski definition) is 1. The molecule has 1 fully saturated rings. The minimum Gasteiger partial charge on any atom is -0.369 e. The zero-order chi connectivity index (χ0) is 15.1. The van der Waals surface area contributed by atoms with Crippen LogP contribution in [0.4, 0.5) is 5.82 Å². The molecule has 0 radical (unpaired) electrons. The number of rotatable bonds is 5. The number of carbonyl (C=O) groups excluding carboxylic acids is 1. The molecule has 5 nitrogen and oxygen atoms in total. The minimum atomic E-state index is 0.0244. The predicted octanol–water partition coefficient (Wildman–Crippen LogP) is 3.09. The Labute approximate surface area is 127 Å². The molecule has 5 heteroatoms. The maximum atomic E-state index is 12.7. The van der Waals surface area contributed by atoms with Gasteiger partial charge in [-0.1, -0.05) is 26.7 Å². The Hall–Kier alpha value is -1.65. The van der Waals surface area contributed by atoms with Crippen molar-refractivity contribution < 1.29 is 4.79 Å². The number of nitrogens with zero attached hydrogens (tertiary/aromatic N) is 3. The average molecular weight is 290 g/mol. The van der Waals surface area contributed by atoms with Crippen molar-refractivity contribution in [2.45, 2.75) is 58.4 Å². The highest BCUT2D eigenvalue weighted by molar-refractivity contribution is 5.92. The molecular formula is C16H26N4O. The summed E-state index contributed by atoms with van der Waals surface area (Å²) in [5.41, 5.74) is 0.455. The van der Waals surface area contributed by atoms with E-state index in [4.69, 9.17) is 0 Å². The molecule has 1 saturated heterocycles. The Morgan fingerprint density at radius 3 is 2.95 bits per heavy atom. The van der Waals surface area contributed by atoms with E-state index in [2.05, 4.69) is 29.1 Å². The molecule has 0 spiro atoms. The highest BCUT2D eigenvalue weighted by atomic mass is 16.2. The van der Waals surface area contributed by atoms with Gasteiger partial charge in [0.2, 0.25) is 0 Å². The molecule has 1 aliphatic rings. The van der Waals surface area contributed by atoms with E-state index in [9.17, 15) is 4.79 Å². The monoisotopic (exact) mass is 290 g/mol. The quantitative estimate of drug-likeness (QED) is 0.905. The molecule has 0 bridgehead atoms. The Morgan fingerprint density at radius 2 is 2.19 bits per heavy atom. The topological polar surface area (TPSA) is 58.1 Å². The molecule has 0 aromatic carbocycles. The highest BCUT2D eigenvalue weighted by Crippen LogP contribution is 2.21. The fraction of sp³-hybridized carbons (Fsp3) is 0.688. The smallest absolute Gasteiger partial charge is 0.274 e. The number of amides is 1. The average Bonchev–Trinajstić information content (AvgIpc) is 2.77. The molecule has 21 heavy (non-hydrogen) atoms. The van der Waals surface area contributed by atoms with Gasteiger partial charge in [-0.05, 0) is 25.7 Å². The summed E-state index contributed by atoms with van der Waals surface area (Å²) in [6, 6.07) is 0.342. The zero-order valence-electron chi connectivity index (χ0n) is 13.1. The SMILES string of the molecule is CCCNc1cncc(C(=O)N2CCCCCC2CC)n1. The number of hydrogen-bond acceptors (Lipinski definition) is 4. The lowest BCUT2D eigenvalue weighted by molar-refractivity contribution is 0.0672. The third kappa shape index (κ3) is 4.16. The molecule has 2 rings (SSSR count). The molecular weight excluding hydrogens is 264 g/mol. The second-order valence-electron chi connectivity index (χ2n) is 5.63. The van der Waals surface area contributed by atoms with Gasteiger partial charge in [-0.2, -0.15) is 0 Å². The zero-order valence-corrected chi connectivity index (χ0v) is 13.1. The van der Waals surface area contributed by atoms with Crippen molar-refractivity contribution in [1.29, 1.82) is 0 Å². The van der Waals surface area contributed by atoms with E-state index < -0.39 is 0 Å². The van der Waals surface area contributed by atoms with Crippen LogP contribution in [0, 0.1) is 0 Å². The molecule has 1 aliphatic heterocycles. The van der Waals surface area contributed by atoms with Gasteiger partial charge in [0.25, 0.3) is 5.91 Å². The molecule has 1 aromatic heterocycles. The first kappa shape index (κ1) is 15.7. The van der Waals surface area contributed by atoms with Crippen LogP contribution >= 0.6 is 0 Å². The summed E-state index contributed by atoms with van der Waals surface area (Å²) in [6.07, 6.45) is 9.89. The summed E-state index contributed by atoms with van der Waals surface area (Å²) in [6.45, 7) is 5.93. The van der Waals surface area contributed by atoms with E-state index in [-0.39, 0.29) is 5.91 Å². The molecule has 1 aromatic rings. The van der Waals surface area contributed by atoms with Gasteiger partial charge in [-0.25, -0.2) is 4.98 Å². The first-order valence-corrected chi connectivity index (χ1v) is 8.13. The lowest BCUT2D eigenvalue weighted by atomic mass is 10.1. The van der Waals surface area contributed by atoms with E-state index >= 15 is 0 Å². The van der Waals surface area contributed by atoms with Crippen LogP contribution in [-0.2, 0) is 0 Å². The van der Waals surface area contributed by atoms with Gasteiger partial charge >= 0.3 is 0 Å². The first-order valence-electron chi connectivity index (χ1n) is 8.13. The fourth-order valence-corrected chi connectivity index (χ4v) is 2.82. The number of carbonyl (C=O) groups is 1. The lowest BCUT2D eigenvalue weighted by Gasteiger charge is -2.29. The van der Waals surface area contributed by atoms with Crippen LogP contribution in [-0.4, -0.2) is 39.9 Å². The molecule has 1 N–H and O–H groups in total. The summed E-state index contributed by atoms with van der Waals surface area (Å²) in [4.78, 5) is 23.3. The number of aromatic nitrogens is 2. The molecule has 0 saturated carbocycles. The first-order chi connectivity index (χ1) is 10.3. The van der Waals surface area contributed by atoms with Gasteiger partial charge in [-0.3, -0.25) is 9.78 Å². The van der Waals surface area contributed by atoms with Crippen LogP contribution in [0.25, 0.3) is 0 Å². The van der Waals surface area contributed by atoms with Gasteiger partial charge < -0.3 is 10.2 Å². The predicted molar refractivity (Wildman–Crippen MR) is 84.4 cm³/mol. The van der Waals surface area contributed by atoms with Crippen molar-refractivity contribution in [3.8, 4) is 0 Å². The number of nitrogens with one attached hydrogen (secondary N) is 1. The van der Waals surface area contributed by atoms with Crippen LogP contribution in [0.15, 0.2) is 12.4 Å². The lowest BCUT2D eigenvalue weighted by Crippen LogP contribution is -2.40. The highest BCUT2D eigenvalue weighted by Gasteiger charge is 2.26. The molecule has 0 aliphatic carbocycles. The summed E-state index contributed by atoms with van der Waals surface area (Å²) in [5, 5.41) is 3.19. The fourth-order valence-electron chi connectivity index (χ4n) is 2.82. The van der Waals surface area contributed by atoms with Crippen LogP contribution in [0.2, 0.25) is 0 Å². The van der Waals surface area contributed by atoms with E-state index in [0.29, 0.717) is 17.6 Å². The second-order valence-corrected chi connectivity index (χ2v) is 5.63. The second kappa shape index (κ2) is 7.96. The van der Waals surface area contributed by atoms with E-state index in [1.807, 2.05) is 4.90 Å². The van der Waals surface area contributed by atoms with Crippen molar-refractivity contribution in [3.63, 3.8) is 0 Å². The van der Waals surface area contributed by atoms with Crippen molar-refractivity contribution in [2.24, 2.45) is 0 Å². The van der Waals surface area contributed by atoms with E-state index in [0.717, 1.165) is 38.8 Å². The van der Waals surface area contributed by atoms with E-state index in [1.165, 1.54) is 12.8 Å². The summed E-state index contributed by atoms with van der Waals surface area (Å²) in [7, 11) is 0. The van der Waals surface area contributed by atoms with Crippen molar-refractivity contribution in [2.75, 3.05) is 18.4 Å². The van der Waals surface area contributed by atoms with Crippen LogP contribution < -0.4 is 5.32 Å². The van der Waals surface area contributed by atoms with Gasteiger partial charge in [0, 0.05) is 19.1 Å². The number of likely N-dealkylation sites (tertiary alicyclic amines) is 1. The molecule has 1 unspecified atom stereocenters. The molecule has 116 valence electrons. The Balaban J connectivity index is 2.13. The summed E-state index contributed by atoms with van der Waals surface area (Å²) in [5.74, 6) is 0.710. The Morgan fingerprint density at radius 1 is 1.33 bits per heavy atom. The third-order valence-electron chi connectivity index (χ3n) is 4.02. The Kier molecular flexibility index (Phi) is 5.96. The largest absolute Gasteiger partial charge is 0.369 e. The summed E-state index contributed by atoms with van der Waals surface area (Å²) >= 11 is 0. The standard InChI is InChI=1S/C16H26N4O/c1-3-9-18-15-12-17-11-14(19-15)16(21)20-10-7-5-6-8-13(20)4-2/h11-13H,3-10H2,1-2H3,(H,18,19). The summed E-state index contributed by atoms with van der Waals surface area (Å²) < 4.78 is 0. The van der Waals surface area contributed by atoms with E-state index in [1.54, 1.807) is 12.4 Å².